The highest BCUT2D eigenvalue weighted by Crippen LogP contribution is 2.30. The van der Waals surface area contributed by atoms with Gasteiger partial charge in [-0.2, -0.15) is 0 Å². The van der Waals surface area contributed by atoms with Crippen LogP contribution in [0, 0.1) is 23.7 Å². The van der Waals surface area contributed by atoms with E-state index in [1.54, 1.807) is 56.3 Å². The Balaban J connectivity index is 1.52. The first-order chi connectivity index (χ1) is 30.3. The maximum absolute atomic E-state index is 14.5. The minimum Gasteiger partial charge on any atom is -0.399 e. The van der Waals surface area contributed by atoms with E-state index in [1.807, 2.05) is 103 Å². The summed E-state index contributed by atoms with van der Waals surface area (Å²) < 4.78 is 12.1. The topological polar surface area (TPSA) is 176 Å². The summed E-state index contributed by atoms with van der Waals surface area (Å²) in [6, 6.07) is 14.0. The second-order valence-electron chi connectivity index (χ2n) is 18.7. The number of carbonyl (C=O) groups is 5. The van der Waals surface area contributed by atoms with E-state index in [1.165, 1.54) is 0 Å². The number of ketones is 1. The van der Waals surface area contributed by atoms with Crippen molar-refractivity contribution in [3.05, 3.63) is 71.9 Å². The lowest BCUT2D eigenvalue weighted by molar-refractivity contribution is -0.148. The molecule has 0 aliphatic carbocycles. The van der Waals surface area contributed by atoms with Crippen LogP contribution in [0.1, 0.15) is 85.3 Å². The Morgan fingerprint density at radius 3 is 2.14 bits per heavy atom. The van der Waals surface area contributed by atoms with E-state index in [4.69, 9.17) is 15.2 Å². The Morgan fingerprint density at radius 2 is 1.55 bits per heavy atom. The molecule has 14 heteroatoms. The predicted molar refractivity (Wildman–Crippen MR) is 252 cm³/mol. The molecular formula is C50H75N7O7. The zero-order chi connectivity index (χ0) is 47.4. The van der Waals surface area contributed by atoms with E-state index in [2.05, 4.69) is 15.6 Å². The van der Waals surface area contributed by atoms with Crippen molar-refractivity contribution in [2.75, 3.05) is 47.6 Å². The van der Waals surface area contributed by atoms with Gasteiger partial charge >= 0.3 is 0 Å². The molecule has 1 aliphatic heterocycles. The van der Waals surface area contributed by atoms with Crippen LogP contribution in [-0.4, -0.2) is 133 Å². The molecule has 3 unspecified atom stereocenters. The Labute approximate surface area is 381 Å². The van der Waals surface area contributed by atoms with Crippen LogP contribution >= 0.6 is 0 Å². The number of hydrogen-bond acceptors (Lipinski definition) is 10. The Bertz CT molecular complexity index is 2020. The molecular weight excluding hydrogens is 811 g/mol. The van der Waals surface area contributed by atoms with Gasteiger partial charge in [-0.25, -0.2) is 0 Å². The van der Waals surface area contributed by atoms with Crippen LogP contribution < -0.4 is 16.4 Å². The molecule has 1 aromatic heterocycles. The van der Waals surface area contributed by atoms with Crippen molar-refractivity contribution in [2.24, 2.45) is 23.7 Å². The highest BCUT2D eigenvalue weighted by atomic mass is 16.5. The van der Waals surface area contributed by atoms with Crippen LogP contribution in [0.5, 0.6) is 0 Å². The van der Waals surface area contributed by atoms with E-state index in [9.17, 15) is 24.0 Å². The van der Waals surface area contributed by atoms with Gasteiger partial charge < -0.3 is 35.6 Å². The van der Waals surface area contributed by atoms with Gasteiger partial charge in [-0.1, -0.05) is 85.2 Å². The van der Waals surface area contributed by atoms with Gasteiger partial charge in [0.05, 0.1) is 54.2 Å². The quantitative estimate of drug-likeness (QED) is 0.106. The van der Waals surface area contributed by atoms with Crippen LogP contribution in [0.4, 0.5) is 5.69 Å². The number of para-hydroxylation sites is 1. The number of nitrogens with two attached hydrogens (primary N) is 1. The van der Waals surface area contributed by atoms with E-state index in [0.29, 0.717) is 25.1 Å². The molecule has 2 heterocycles. The number of amides is 4. The molecule has 352 valence electrons. The molecule has 4 N–H and O–H groups in total. The molecule has 14 nitrogen and oxygen atoms in total. The number of nitrogen functional groups attached to an aromatic ring is 1. The number of rotatable bonds is 23. The number of carbonyl (C=O) groups excluding carboxylic acids is 5. The second-order valence-corrected chi connectivity index (χ2v) is 18.7. The number of likely N-dealkylation sites (N-methyl/N-ethyl adjacent to an activating group) is 2. The molecule has 4 rings (SSSR count). The molecule has 2 aromatic carbocycles. The zero-order valence-corrected chi connectivity index (χ0v) is 40.3. The Kier molecular flexibility index (Phi) is 19.3. The molecule has 1 saturated heterocycles. The average Bonchev–Trinajstić information content (AvgIpc) is 3.74. The Hall–Kier alpha value is -4.92. The summed E-state index contributed by atoms with van der Waals surface area (Å²) in [7, 11) is 8.54. The monoisotopic (exact) mass is 886 g/mol. The van der Waals surface area contributed by atoms with E-state index >= 15 is 0 Å². The number of nitrogens with zero attached hydrogens (tertiary/aromatic N) is 4. The molecule has 4 amide bonds. The molecule has 3 aromatic rings. The molecule has 0 spiro atoms. The molecule has 0 saturated carbocycles. The van der Waals surface area contributed by atoms with Crippen molar-refractivity contribution in [3.8, 4) is 0 Å². The van der Waals surface area contributed by atoms with E-state index < -0.39 is 48.3 Å². The van der Waals surface area contributed by atoms with Gasteiger partial charge in [0.25, 0.3) is 0 Å². The van der Waals surface area contributed by atoms with Gasteiger partial charge in [0.1, 0.15) is 6.04 Å². The van der Waals surface area contributed by atoms with Crippen molar-refractivity contribution in [1.29, 1.82) is 0 Å². The number of anilines is 1. The molecule has 0 bridgehead atoms. The smallest absolute Gasteiger partial charge is 0.245 e. The number of methoxy groups -OCH3 is 2. The molecule has 1 fully saturated rings. The lowest BCUT2D eigenvalue weighted by Gasteiger charge is -2.41. The highest BCUT2D eigenvalue weighted by Gasteiger charge is 2.43. The largest absolute Gasteiger partial charge is 0.399 e. The molecule has 9 atom stereocenters. The van der Waals surface area contributed by atoms with E-state index in [0.717, 1.165) is 28.5 Å². The maximum atomic E-state index is 14.5. The Morgan fingerprint density at radius 1 is 0.875 bits per heavy atom. The summed E-state index contributed by atoms with van der Waals surface area (Å²) in [6.45, 7) is 14.1. The predicted octanol–water partition coefficient (Wildman–Crippen LogP) is 5.30. The first kappa shape index (κ1) is 51.7. The summed E-state index contributed by atoms with van der Waals surface area (Å²) >= 11 is 0. The van der Waals surface area contributed by atoms with Gasteiger partial charge in [0.15, 0.2) is 5.78 Å². The van der Waals surface area contributed by atoms with Gasteiger partial charge in [0, 0.05) is 51.5 Å². The molecule has 64 heavy (non-hydrogen) atoms. The number of aromatic nitrogens is 1. The van der Waals surface area contributed by atoms with Gasteiger partial charge in [-0.15, -0.1) is 0 Å². The standard InChI is InChI=1S/C50H75N7O7/c1-13-32(6)46(56(10)50(62)44(30(2)3)54-49(61)45(31(4)5)55(8)9)42(63-11)28-43(59)57-24-16-19-40(57)47(64-12)33(7)48(60)53-39(26-34-20-22-37(51)23-21-34)41(58)27-35-25-36-17-14-15-18-38(36)52-29-35/h14-15,17-18,20-23,25,29-33,39-40,42,44-47H,13,16,19,24,26-28,51H2,1-12H3,(H,53,60)(H,54,61)/t32-,33+,39?,40-,42+,44?,45-,46?,47+/m0/s1. The normalized spacial score (nSPS) is 18.0. The zero-order valence-electron chi connectivity index (χ0n) is 40.3. The number of benzene rings is 2. The van der Waals surface area contributed by atoms with Gasteiger partial charge in [0.2, 0.25) is 23.6 Å². The van der Waals surface area contributed by atoms with Crippen molar-refractivity contribution < 1.29 is 33.4 Å². The van der Waals surface area contributed by atoms with Crippen LogP contribution in [0.25, 0.3) is 10.9 Å². The number of Topliss-reactive ketones (excluding diaryl/α,β-unsaturated/α-hetero) is 1. The number of hydrogen-bond donors (Lipinski definition) is 3. The third-order valence-electron chi connectivity index (χ3n) is 13.1. The van der Waals surface area contributed by atoms with Gasteiger partial charge in [-0.3, -0.25) is 33.9 Å². The van der Waals surface area contributed by atoms with Crippen molar-refractivity contribution >= 4 is 46.0 Å². The van der Waals surface area contributed by atoms with Gasteiger partial charge in [-0.05, 0) is 86.5 Å². The molecule has 0 radical (unpaired) electrons. The highest BCUT2D eigenvalue weighted by molar-refractivity contribution is 5.92. The third-order valence-corrected chi connectivity index (χ3v) is 13.1. The van der Waals surface area contributed by atoms with Crippen LogP contribution in [0.3, 0.4) is 0 Å². The van der Waals surface area contributed by atoms with E-state index in [-0.39, 0.29) is 66.4 Å². The number of pyridine rings is 1. The summed E-state index contributed by atoms with van der Waals surface area (Å²) in [5.41, 5.74) is 8.97. The third kappa shape index (κ3) is 13.1. The van der Waals surface area contributed by atoms with Crippen LogP contribution in [0.15, 0.2) is 60.8 Å². The van der Waals surface area contributed by atoms with Crippen LogP contribution in [-0.2, 0) is 46.3 Å². The fourth-order valence-electron chi connectivity index (χ4n) is 9.39. The molecule has 1 aliphatic rings. The maximum Gasteiger partial charge on any atom is 0.245 e. The minimum atomic E-state index is -0.850. The number of likely N-dealkylation sites (tertiary alicyclic amines) is 1. The average molecular weight is 886 g/mol. The first-order valence-corrected chi connectivity index (χ1v) is 22.9. The lowest BCUT2D eigenvalue weighted by atomic mass is 9.89. The summed E-state index contributed by atoms with van der Waals surface area (Å²) in [5.74, 6) is -2.10. The SMILES string of the molecule is CC[C@H](C)C([C@@H](CC(=O)N1CCC[C@H]1[C@H](OC)[C@@H](C)C(=O)NC(Cc1ccc(N)cc1)C(=O)Cc1cnc2ccccc2c1)OC)N(C)C(=O)C(NC(=O)[C@H](C(C)C)N(C)C)C(C)C. The first-order valence-electron chi connectivity index (χ1n) is 22.9. The second kappa shape index (κ2) is 23.8. The lowest BCUT2D eigenvalue weighted by Crippen LogP contribution is -2.59. The fraction of sp³-hybridized carbons (Fsp3) is 0.600. The van der Waals surface area contributed by atoms with Crippen molar-refractivity contribution in [1.82, 2.24) is 30.3 Å². The van der Waals surface area contributed by atoms with Crippen LogP contribution in [0.2, 0.25) is 0 Å². The summed E-state index contributed by atoms with van der Waals surface area (Å²) in [4.78, 5) is 80.5. The van der Waals surface area contributed by atoms with Crippen molar-refractivity contribution in [3.63, 3.8) is 0 Å². The number of nitrogens with one attached hydrogen (secondary N) is 2. The number of ether oxygens (including phenoxy) is 2. The minimum absolute atomic E-state index is 0.00676. The number of fused-ring (bicyclic) bond motifs is 1. The fourth-order valence-corrected chi connectivity index (χ4v) is 9.39. The summed E-state index contributed by atoms with van der Waals surface area (Å²) in [6.07, 6.45) is 2.75. The summed E-state index contributed by atoms with van der Waals surface area (Å²) in [5, 5.41) is 7.02. The van der Waals surface area contributed by atoms with Crippen molar-refractivity contribution in [2.45, 2.75) is 129 Å².